The van der Waals surface area contributed by atoms with E-state index < -0.39 is 7.14 Å². The molecule has 0 spiro atoms. The first kappa shape index (κ1) is 9.19. The standard InChI is InChI=1S/C6H15O2P/c1-3-4-5-9(2,8)6-7/h7H,3-6H2,1-2H3. The van der Waals surface area contributed by atoms with Crippen LogP contribution in [0.3, 0.4) is 0 Å². The molecule has 2 nitrogen and oxygen atoms in total. The van der Waals surface area contributed by atoms with E-state index in [-0.39, 0.29) is 6.35 Å². The van der Waals surface area contributed by atoms with E-state index in [4.69, 9.17) is 5.11 Å². The summed E-state index contributed by atoms with van der Waals surface area (Å²) in [6, 6.07) is 0. The van der Waals surface area contributed by atoms with Crippen molar-refractivity contribution in [2.75, 3.05) is 19.2 Å². The molecule has 9 heavy (non-hydrogen) atoms. The largest absolute Gasteiger partial charge is 0.389 e. The number of aliphatic hydroxyl groups excluding tert-OH is 1. The second-order valence-corrected chi connectivity index (χ2v) is 5.84. The fourth-order valence-corrected chi connectivity index (χ4v) is 1.69. The van der Waals surface area contributed by atoms with Crippen LogP contribution in [0.1, 0.15) is 19.8 Å². The average Bonchev–Trinajstić information content (AvgIpc) is 1.84. The highest BCUT2D eigenvalue weighted by Gasteiger charge is 2.10. The zero-order chi connectivity index (χ0) is 7.33. The van der Waals surface area contributed by atoms with Crippen LogP contribution in [0.5, 0.6) is 0 Å². The smallest absolute Gasteiger partial charge is 0.109 e. The summed E-state index contributed by atoms with van der Waals surface area (Å²) in [6.45, 7) is 3.71. The maximum Gasteiger partial charge on any atom is 0.109 e. The monoisotopic (exact) mass is 150 g/mol. The Kier molecular flexibility index (Phi) is 4.16. The van der Waals surface area contributed by atoms with Crippen molar-refractivity contribution in [3.8, 4) is 0 Å². The van der Waals surface area contributed by atoms with Gasteiger partial charge in [-0.05, 0) is 13.1 Å². The van der Waals surface area contributed by atoms with Gasteiger partial charge >= 0.3 is 0 Å². The Bertz CT molecular complexity index is 112. The van der Waals surface area contributed by atoms with E-state index in [9.17, 15) is 4.57 Å². The van der Waals surface area contributed by atoms with Gasteiger partial charge in [-0.25, -0.2) is 0 Å². The normalized spacial score (nSPS) is 17.2. The minimum absolute atomic E-state index is 0.132. The molecular formula is C6H15O2P. The van der Waals surface area contributed by atoms with Crippen molar-refractivity contribution in [3.63, 3.8) is 0 Å². The van der Waals surface area contributed by atoms with Crippen LogP contribution < -0.4 is 0 Å². The molecule has 0 aliphatic heterocycles. The lowest BCUT2D eigenvalue weighted by Gasteiger charge is -2.06. The summed E-state index contributed by atoms with van der Waals surface area (Å²) in [5.41, 5.74) is 0. The van der Waals surface area contributed by atoms with Crippen LogP contribution in [0.15, 0.2) is 0 Å². The SMILES string of the molecule is CCCCP(C)(=O)CO. The average molecular weight is 150 g/mol. The van der Waals surface area contributed by atoms with E-state index in [1.165, 1.54) is 0 Å². The van der Waals surface area contributed by atoms with Gasteiger partial charge in [-0.2, -0.15) is 0 Å². The first-order valence-corrected chi connectivity index (χ1v) is 5.81. The fraction of sp³-hybridized carbons (Fsp3) is 1.00. The number of hydrogen-bond acceptors (Lipinski definition) is 2. The molecule has 0 rings (SSSR count). The minimum Gasteiger partial charge on any atom is -0.389 e. The van der Waals surface area contributed by atoms with Crippen LogP contribution in [0, 0.1) is 0 Å². The molecule has 0 amide bonds. The molecule has 0 heterocycles. The van der Waals surface area contributed by atoms with Crippen molar-refractivity contribution >= 4 is 7.14 Å². The number of aliphatic hydroxyl groups is 1. The van der Waals surface area contributed by atoms with E-state index in [0.29, 0.717) is 6.16 Å². The maximum atomic E-state index is 11.1. The Labute approximate surface area is 56.6 Å². The summed E-state index contributed by atoms with van der Waals surface area (Å²) >= 11 is 0. The molecule has 0 aromatic carbocycles. The van der Waals surface area contributed by atoms with Crippen molar-refractivity contribution in [3.05, 3.63) is 0 Å². The lowest BCUT2D eigenvalue weighted by Crippen LogP contribution is -1.91. The zero-order valence-corrected chi connectivity index (χ0v) is 7.03. The quantitative estimate of drug-likeness (QED) is 0.619. The summed E-state index contributed by atoms with van der Waals surface area (Å²) in [7, 11) is -2.13. The van der Waals surface area contributed by atoms with Crippen molar-refractivity contribution in [1.29, 1.82) is 0 Å². The molecule has 0 saturated heterocycles. The van der Waals surface area contributed by atoms with Gasteiger partial charge < -0.3 is 9.67 Å². The molecule has 0 aliphatic carbocycles. The first-order chi connectivity index (χ1) is 4.12. The Morgan fingerprint density at radius 3 is 2.44 bits per heavy atom. The van der Waals surface area contributed by atoms with E-state index >= 15 is 0 Å². The molecule has 0 aliphatic rings. The summed E-state index contributed by atoms with van der Waals surface area (Å²) in [6.07, 6.45) is 2.58. The van der Waals surface area contributed by atoms with Gasteiger partial charge in [0.05, 0.1) is 6.35 Å². The van der Waals surface area contributed by atoms with Crippen LogP contribution >= 0.6 is 7.14 Å². The van der Waals surface area contributed by atoms with E-state index in [1.807, 2.05) is 0 Å². The Hall–Kier alpha value is 0.190. The van der Waals surface area contributed by atoms with Gasteiger partial charge in [0.1, 0.15) is 7.14 Å². The van der Waals surface area contributed by atoms with E-state index in [1.54, 1.807) is 6.66 Å². The summed E-state index contributed by atoms with van der Waals surface area (Å²) in [4.78, 5) is 0. The van der Waals surface area contributed by atoms with E-state index in [2.05, 4.69) is 6.92 Å². The molecule has 0 fully saturated rings. The third-order valence-corrected chi connectivity index (χ3v) is 3.14. The molecule has 56 valence electrons. The van der Waals surface area contributed by atoms with Crippen LogP contribution in [-0.2, 0) is 4.57 Å². The van der Waals surface area contributed by atoms with Gasteiger partial charge in [-0.15, -0.1) is 0 Å². The van der Waals surface area contributed by atoms with E-state index in [0.717, 1.165) is 12.8 Å². The van der Waals surface area contributed by atoms with Gasteiger partial charge in [-0.3, -0.25) is 0 Å². The minimum atomic E-state index is -2.13. The summed E-state index contributed by atoms with van der Waals surface area (Å²) < 4.78 is 11.1. The Morgan fingerprint density at radius 1 is 1.56 bits per heavy atom. The highest BCUT2D eigenvalue weighted by molar-refractivity contribution is 7.62. The second kappa shape index (κ2) is 4.08. The molecular weight excluding hydrogens is 135 g/mol. The summed E-state index contributed by atoms with van der Waals surface area (Å²) in [5, 5.41) is 8.56. The lowest BCUT2D eigenvalue weighted by atomic mass is 10.4. The predicted molar refractivity (Wildman–Crippen MR) is 40.4 cm³/mol. The number of rotatable bonds is 4. The second-order valence-electron chi connectivity index (χ2n) is 2.52. The third-order valence-electron chi connectivity index (χ3n) is 1.28. The van der Waals surface area contributed by atoms with Gasteiger partial charge in [0.25, 0.3) is 0 Å². The number of hydrogen-bond donors (Lipinski definition) is 1. The predicted octanol–water partition coefficient (Wildman–Crippen LogP) is 1.73. The molecule has 0 saturated carbocycles. The molecule has 1 unspecified atom stereocenters. The van der Waals surface area contributed by atoms with Crippen LogP contribution in [-0.4, -0.2) is 24.3 Å². The van der Waals surface area contributed by atoms with Crippen LogP contribution in [0.4, 0.5) is 0 Å². The third kappa shape index (κ3) is 4.68. The zero-order valence-electron chi connectivity index (χ0n) is 6.13. The Morgan fingerprint density at radius 2 is 2.11 bits per heavy atom. The highest BCUT2D eigenvalue weighted by atomic mass is 31.2. The van der Waals surface area contributed by atoms with Crippen LogP contribution in [0.2, 0.25) is 0 Å². The molecule has 0 bridgehead atoms. The highest BCUT2D eigenvalue weighted by Crippen LogP contribution is 2.40. The van der Waals surface area contributed by atoms with Gasteiger partial charge in [0.2, 0.25) is 0 Å². The molecule has 0 radical (unpaired) electrons. The maximum absolute atomic E-state index is 11.1. The van der Waals surface area contributed by atoms with Gasteiger partial charge in [-0.1, -0.05) is 13.3 Å². The lowest BCUT2D eigenvalue weighted by molar-refractivity contribution is 0.358. The fourth-order valence-electron chi connectivity index (χ4n) is 0.563. The van der Waals surface area contributed by atoms with Crippen molar-refractivity contribution in [2.24, 2.45) is 0 Å². The molecule has 3 heteroatoms. The van der Waals surface area contributed by atoms with Gasteiger partial charge in [0.15, 0.2) is 0 Å². The molecule has 1 N–H and O–H groups in total. The van der Waals surface area contributed by atoms with Crippen LogP contribution in [0.25, 0.3) is 0 Å². The first-order valence-electron chi connectivity index (χ1n) is 3.29. The topological polar surface area (TPSA) is 37.3 Å². The molecule has 0 aromatic heterocycles. The summed E-state index contributed by atoms with van der Waals surface area (Å²) in [5.74, 6) is 0. The van der Waals surface area contributed by atoms with Crippen molar-refractivity contribution in [2.45, 2.75) is 19.8 Å². The van der Waals surface area contributed by atoms with Crippen molar-refractivity contribution < 1.29 is 9.67 Å². The number of unbranched alkanes of at least 4 members (excludes halogenated alkanes) is 1. The molecule has 1 atom stereocenters. The molecule has 0 aromatic rings. The Balaban J connectivity index is 3.46. The van der Waals surface area contributed by atoms with Gasteiger partial charge in [0, 0.05) is 6.16 Å². The van der Waals surface area contributed by atoms with Crippen molar-refractivity contribution in [1.82, 2.24) is 0 Å².